The molecule has 2 aromatic rings. The van der Waals surface area contributed by atoms with Crippen LogP contribution in [0, 0.1) is 3.57 Å². The number of aliphatic hydroxyl groups excluding tert-OH is 1. The summed E-state index contributed by atoms with van der Waals surface area (Å²) in [6.07, 6.45) is -1.09. The van der Waals surface area contributed by atoms with E-state index in [2.05, 4.69) is 26.3 Å². The van der Waals surface area contributed by atoms with Crippen LogP contribution in [-0.2, 0) is 9.59 Å². The lowest BCUT2D eigenvalue weighted by Crippen LogP contribution is -2.42. The Hall–Kier alpha value is -3.30. The number of aromatic hydroxyl groups is 1. The molecular formula is C22H24ClIN6O6. The monoisotopic (exact) mass is 630 g/mol. The Morgan fingerprint density at radius 2 is 2.00 bits per heavy atom. The topological polar surface area (TPSA) is 198 Å². The predicted molar refractivity (Wildman–Crippen MR) is 142 cm³/mol. The molecule has 14 heteroatoms. The molecule has 12 nitrogen and oxygen atoms in total. The third-order valence-electron chi connectivity index (χ3n) is 5.00. The Morgan fingerprint density at radius 1 is 1.25 bits per heavy atom. The number of β-amino-alcohol motifs (C(OH)–C–C–N with tert-alkyl or cyclic N) is 1. The highest BCUT2D eigenvalue weighted by molar-refractivity contribution is 14.1. The van der Waals surface area contributed by atoms with E-state index in [0.29, 0.717) is 27.4 Å². The molecule has 1 aliphatic heterocycles. The third kappa shape index (κ3) is 7.60. The number of guanidine groups is 1. The number of nitrogen functional groups attached to an aromatic ring is 1. The van der Waals surface area contributed by atoms with Gasteiger partial charge in [-0.25, -0.2) is 0 Å². The quantitative estimate of drug-likeness (QED) is 0.155. The molecule has 0 bridgehead atoms. The molecule has 36 heavy (non-hydrogen) atoms. The average molecular weight is 631 g/mol. The van der Waals surface area contributed by atoms with Gasteiger partial charge in [0.15, 0.2) is 5.96 Å². The van der Waals surface area contributed by atoms with Crippen molar-refractivity contribution in [2.45, 2.75) is 18.6 Å². The molecule has 0 spiro atoms. The number of aliphatic carboxylic acids is 1. The highest BCUT2D eigenvalue weighted by Gasteiger charge is 2.23. The van der Waals surface area contributed by atoms with E-state index < -0.39 is 42.9 Å². The van der Waals surface area contributed by atoms with E-state index in [9.17, 15) is 29.7 Å². The zero-order valence-electron chi connectivity index (χ0n) is 18.7. The molecule has 0 fully saturated rings. The highest BCUT2D eigenvalue weighted by Crippen LogP contribution is 2.34. The smallest absolute Gasteiger partial charge is 0.305 e. The number of aliphatic hydroxyl groups is 1. The maximum atomic E-state index is 12.7. The number of nitrogens with zero attached hydrogens (tertiary/aromatic N) is 1. The van der Waals surface area contributed by atoms with Crippen LogP contribution in [-0.4, -0.2) is 64.8 Å². The van der Waals surface area contributed by atoms with Crippen LogP contribution < -0.4 is 27.0 Å². The first-order valence-corrected chi connectivity index (χ1v) is 12.1. The molecule has 0 aromatic heterocycles. The summed E-state index contributed by atoms with van der Waals surface area (Å²) in [7, 11) is 0. The highest BCUT2D eigenvalue weighted by atomic mass is 127. The van der Waals surface area contributed by atoms with E-state index in [-0.39, 0.29) is 28.4 Å². The number of rotatable bonds is 8. The largest absolute Gasteiger partial charge is 0.506 e. The number of carbonyl (C=O) groups excluding carboxylic acids is 2. The number of phenols is 1. The standard InChI is InChI=1S/C22H24ClIN6O6/c23-11-3-15(20(35)16(24)4-11)17(6-19(33)34)30-18(32)9-26-21(36)10-1-12(25)5-13(2-10)29-22-27-7-14(31)8-28-22/h1-5,14,17,31,35H,6-9,25H2,(H,26,36)(H,30,32)(H,33,34)(H2,27,28,29)/t17-/m0/s1. The Morgan fingerprint density at radius 3 is 2.67 bits per heavy atom. The number of hydrogen-bond acceptors (Lipinski definition) is 9. The molecule has 192 valence electrons. The van der Waals surface area contributed by atoms with Crippen LogP contribution in [0.5, 0.6) is 5.75 Å². The van der Waals surface area contributed by atoms with Crippen molar-refractivity contribution >= 4 is 69.3 Å². The van der Waals surface area contributed by atoms with Crippen molar-refractivity contribution in [1.82, 2.24) is 16.0 Å². The molecule has 0 saturated heterocycles. The van der Waals surface area contributed by atoms with Gasteiger partial charge in [0.2, 0.25) is 5.91 Å². The van der Waals surface area contributed by atoms with Gasteiger partial charge in [-0.05, 0) is 52.9 Å². The SMILES string of the molecule is Nc1cc(NC2=NCC(O)CN2)cc(C(=O)NCC(=O)N[C@@H](CC(=O)O)c2cc(Cl)cc(I)c2O)c1. The van der Waals surface area contributed by atoms with E-state index in [1.54, 1.807) is 6.07 Å². The van der Waals surface area contributed by atoms with Crippen molar-refractivity contribution in [3.63, 3.8) is 0 Å². The van der Waals surface area contributed by atoms with Gasteiger partial charge in [0, 0.05) is 34.1 Å². The average Bonchev–Trinajstić information content (AvgIpc) is 2.80. The van der Waals surface area contributed by atoms with Gasteiger partial charge in [-0.1, -0.05) is 11.6 Å². The third-order valence-corrected chi connectivity index (χ3v) is 6.04. The fourth-order valence-corrected chi connectivity index (χ4v) is 4.44. The number of carboxylic acid groups (broad SMARTS) is 1. The molecule has 2 amide bonds. The summed E-state index contributed by atoms with van der Waals surface area (Å²) in [5.41, 5.74) is 6.99. The fraction of sp³-hybridized carbons (Fsp3) is 0.273. The van der Waals surface area contributed by atoms with Crippen LogP contribution in [0.25, 0.3) is 0 Å². The molecule has 3 rings (SSSR count). The minimum absolute atomic E-state index is 0.146. The van der Waals surface area contributed by atoms with Gasteiger partial charge in [0.1, 0.15) is 5.75 Å². The minimum Gasteiger partial charge on any atom is -0.506 e. The summed E-state index contributed by atoms with van der Waals surface area (Å²) < 4.78 is 0.393. The van der Waals surface area contributed by atoms with E-state index in [1.165, 1.54) is 24.3 Å². The first-order valence-electron chi connectivity index (χ1n) is 10.6. The lowest BCUT2D eigenvalue weighted by atomic mass is 10.0. The van der Waals surface area contributed by atoms with Crippen LogP contribution in [0.1, 0.15) is 28.4 Å². The number of carbonyl (C=O) groups is 3. The number of hydrogen-bond donors (Lipinski definition) is 8. The minimum atomic E-state index is -1.20. The summed E-state index contributed by atoms with van der Waals surface area (Å²) in [6, 6.07) is 6.32. The van der Waals surface area contributed by atoms with Crippen LogP contribution in [0.2, 0.25) is 5.02 Å². The van der Waals surface area contributed by atoms with Crippen LogP contribution >= 0.6 is 34.2 Å². The number of aliphatic imine (C=N–C) groups is 1. The molecule has 1 aliphatic rings. The summed E-state index contributed by atoms with van der Waals surface area (Å²) in [4.78, 5) is 40.7. The van der Waals surface area contributed by atoms with Crippen molar-refractivity contribution in [3.8, 4) is 5.75 Å². The Balaban J connectivity index is 1.66. The first kappa shape index (κ1) is 27.3. The van der Waals surface area contributed by atoms with E-state index in [1.807, 2.05) is 22.6 Å². The second-order valence-corrected chi connectivity index (χ2v) is 9.52. The summed E-state index contributed by atoms with van der Waals surface area (Å²) in [5.74, 6) is -2.25. The number of nitrogens with two attached hydrogens (primary N) is 1. The fourth-order valence-electron chi connectivity index (χ4n) is 3.38. The Kier molecular flexibility index (Phi) is 9.17. The zero-order valence-corrected chi connectivity index (χ0v) is 21.6. The maximum absolute atomic E-state index is 12.7. The zero-order chi connectivity index (χ0) is 26.4. The molecular weight excluding hydrogens is 607 g/mol. The second kappa shape index (κ2) is 12.1. The van der Waals surface area contributed by atoms with Crippen molar-refractivity contribution in [1.29, 1.82) is 0 Å². The van der Waals surface area contributed by atoms with Crippen molar-refractivity contribution in [2.24, 2.45) is 4.99 Å². The number of amides is 2. The maximum Gasteiger partial charge on any atom is 0.305 e. The molecule has 9 N–H and O–H groups in total. The van der Waals surface area contributed by atoms with E-state index >= 15 is 0 Å². The molecule has 0 saturated carbocycles. The molecule has 0 radical (unpaired) electrons. The van der Waals surface area contributed by atoms with Gasteiger partial charge in [-0.2, -0.15) is 0 Å². The number of nitrogens with one attached hydrogen (secondary N) is 4. The predicted octanol–water partition coefficient (Wildman–Crippen LogP) is 1.03. The van der Waals surface area contributed by atoms with E-state index in [4.69, 9.17) is 17.3 Å². The summed E-state index contributed by atoms with van der Waals surface area (Å²) >= 11 is 7.87. The molecule has 1 heterocycles. The molecule has 2 atom stereocenters. The van der Waals surface area contributed by atoms with Gasteiger partial charge in [-0.3, -0.25) is 19.4 Å². The van der Waals surface area contributed by atoms with Gasteiger partial charge in [0.25, 0.3) is 5.91 Å². The number of benzene rings is 2. The second-order valence-electron chi connectivity index (χ2n) is 7.92. The first-order chi connectivity index (χ1) is 17.0. The van der Waals surface area contributed by atoms with E-state index in [0.717, 1.165) is 0 Å². The van der Waals surface area contributed by atoms with Crippen molar-refractivity contribution < 1.29 is 29.7 Å². The van der Waals surface area contributed by atoms with Gasteiger partial charge < -0.3 is 42.3 Å². The molecule has 1 unspecified atom stereocenters. The number of halogens is 2. The summed E-state index contributed by atoms with van der Waals surface area (Å²) in [6.45, 7) is 0.0950. The van der Waals surface area contributed by atoms with Gasteiger partial charge in [-0.15, -0.1) is 0 Å². The number of phenolic OH excluding ortho intramolecular Hbond substituents is 1. The van der Waals surface area contributed by atoms with Gasteiger partial charge in [0.05, 0.1) is 35.2 Å². The lowest BCUT2D eigenvalue weighted by Gasteiger charge is -2.20. The van der Waals surface area contributed by atoms with Crippen molar-refractivity contribution in [2.75, 3.05) is 30.7 Å². The van der Waals surface area contributed by atoms with Crippen LogP contribution in [0.4, 0.5) is 11.4 Å². The Bertz CT molecular complexity index is 1210. The Labute approximate surface area is 224 Å². The van der Waals surface area contributed by atoms with Crippen LogP contribution in [0.15, 0.2) is 35.3 Å². The number of anilines is 2. The summed E-state index contributed by atoms with van der Waals surface area (Å²) in [5, 5.41) is 40.2. The van der Waals surface area contributed by atoms with Crippen molar-refractivity contribution in [3.05, 3.63) is 50.1 Å². The number of carboxylic acids is 1. The van der Waals surface area contributed by atoms with Gasteiger partial charge >= 0.3 is 5.97 Å². The molecule has 0 aliphatic carbocycles. The normalized spacial score (nSPS) is 15.8. The van der Waals surface area contributed by atoms with Crippen LogP contribution in [0.3, 0.4) is 0 Å². The lowest BCUT2D eigenvalue weighted by molar-refractivity contribution is -0.137. The molecule has 2 aromatic carbocycles.